The number of nitrogens with zero attached hydrogens (tertiary/aromatic N) is 2. The second kappa shape index (κ2) is 11.6. The number of pyridine rings is 1. The molecule has 186 valence electrons. The Morgan fingerprint density at radius 2 is 1.69 bits per heavy atom. The monoisotopic (exact) mass is 564 g/mol. The quantitative estimate of drug-likeness (QED) is 0.234. The Hall–Kier alpha value is -2.70. The second-order valence-corrected chi connectivity index (χ2v) is 10.5. The number of methoxy groups -OCH3 is 1. The highest BCUT2D eigenvalue weighted by atomic mass is 79.9. The minimum Gasteiger partial charge on any atom is -0.481 e. The average molecular weight is 566 g/mol. The molecule has 0 saturated heterocycles. The van der Waals surface area contributed by atoms with E-state index in [1.807, 2.05) is 99.2 Å². The highest BCUT2D eigenvalue weighted by Gasteiger charge is 2.42. The van der Waals surface area contributed by atoms with Gasteiger partial charge in [-0.05, 0) is 67.5 Å². The number of aromatic nitrogens is 1. The van der Waals surface area contributed by atoms with Crippen molar-refractivity contribution in [3.8, 4) is 17.0 Å². The first kappa shape index (κ1) is 26.4. The van der Waals surface area contributed by atoms with Crippen molar-refractivity contribution in [2.45, 2.75) is 17.9 Å². The van der Waals surface area contributed by atoms with E-state index in [1.165, 1.54) is 0 Å². The van der Waals surface area contributed by atoms with Gasteiger partial charge < -0.3 is 14.7 Å². The van der Waals surface area contributed by atoms with Crippen LogP contribution in [-0.4, -0.2) is 42.7 Å². The van der Waals surface area contributed by atoms with Crippen molar-refractivity contribution < 1.29 is 9.84 Å². The third kappa shape index (κ3) is 5.81. The minimum atomic E-state index is -1.29. The normalized spacial score (nSPS) is 13.9. The van der Waals surface area contributed by atoms with E-state index in [1.54, 1.807) is 7.11 Å². The first-order valence-electron chi connectivity index (χ1n) is 11.8. The number of halogens is 2. The molecule has 0 radical (unpaired) electrons. The van der Waals surface area contributed by atoms with E-state index in [4.69, 9.17) is 16.3 Å². The summed E-state index contributed by atoms with van der Waals surface area (Å²) in [6.07, 6.45) is 2.29. The molecule has 1 heterocycles. The van der Waals surface area contributed by atoms with Gasteiger partial charge in [0.15, 0.2) is 0 Å². The van der Waals surface area contributed by atoms with Crippen LogP contribution in [0.3, 0.4) is 0 Å². The molecular weight excluding hydrogens is 536 g/mol. The van der Waals surface area contributed by atoms with Gasteiger partial charge >= 0.3 is 0 Å². The average Bonchev–Trinajstić information content (AvgIpc) is 2.88. The fourth-order valence-corrected chi connectivity index (χ4v) is 5.07. The molecule has 0 amide bonds. The highest BCUT2D eigenvalue weighted by Crippen LogP contribution is 2.47. The molecule has 4 nitrogen and oxygen atoms in total. The first-order valence-corrected chi connectivity index (χ1v) is 13.0. The van der Waals surface area contributed by atoms with Crippen LogP contribution in [0.4, 0.5) is 0 Å². The SMILES string of the molecule is COc1ncc(-c2ccc(Br)cc2)cc1C(c1ccccc1)C(O)(CCN(C)C)c1cccc(Cl)c1. The summed E-state index contributed by atoms with van der Waals surface area (Å²) in [6.45, 7) is 0.675. The Kier molecular flexibility index (Phi) is 8.47. The summed E-state index contributed by atoms with van der Waals surface area (Å²) in [5.74, 6) is 0.0185. The van der Waals surface area contributed by atoms with Gasteiger partial charge in [0.2, 0.25) is 5.88 Å². The van der Waals surface area contributed by atoms with E-state index in [2.05, 4.69) is 31.9 Å². The summed E-state index contributed by atoms with van der Waals surface area (Å²) in [4.78, 5) is 6.76. The summed E-state index contributed by atoms with van der Waals surface area (Å²) in [7, 11) is 5.63. The lowest BCUT2D eigenvalue weighted by Gasteiger charge is -2.39. The van der Waals surface area contributed by atoms with Crippen molar-refractivity contribution in [2.75, 3.05) is 27.7 Å². The summed E-state index contributed by atoms with van der Waals surface area (Å²) < 4.78 is 6.78. The first-order chi connectivity index (χ1) is 17.3. The zero-order valence-electron chi connectivity index (χ0n) is 20.7. The Morgan fingerprint density at radius 3 is 2.33 bits per heavy atom. The fraction of sp³-hybridized carbons (Fsp3) is 0.233. The maximum Gasteiger partial charge on any atom is 0.217 e. The van der Waals surface area contributed by atoms with Gasteiger partial charge in [-0.1, -0.05) is 82.1 Å². The molecule has 4 rings (SSSR count). The van der Waals surface area contributed by atoms with Crippen LogP contribution in [0.15, 0.2) is 95.6 Å². The van der Waals surface area contributed by atoms with Crippen molar-refractivity contribution in [2.24, 2.45) is 0 Å². The van der Waals surface area contributed by atoms with Gasteiger partial charge in [-0.15, -0.1) is 0 Å². The van der Waals surface area contributed by atoms with Gasteiger partial charge in [0.1, 0.15) is 5.60 Å². The number of hydrogen-bond acceptors (Lipinski definition) is 4. The molecule has 0 fully saturated rings. The van der Waals surface area contributed by atoms with Gasteiger partial charge in [-0.25, -0.2) is 4.98 Å². The van der Waals surface area contributed by atoms with Crippen LogP contribution < -0.4 is 4.74 Å². The summed E-state index contributed by atoms with van der Waals surface area (Å²) >= 11 is 9.94. The Labute approximate surface area is 226 Å². The van der Waals surface area contributed by atoms with Gasteiger partial charge in [-0.3, -0.25) is 0 Å². The van der Waals surface area contributed by atoms with Crippen LogP contribution in [-0.2, 0) is 5.60 Å². The molecule has 36 heavy (non-hydrogen) atoms. The van der Waals surface area contributed by atoms with Crippen LogP contribution in [0.1, 0.15) is 29.0 Å². The third-order valence-corrected chi connectivity index (χ3v) is 7.20. The maximum absolute atomic E-state index is 12.7. The molecule has 0 bridgehead atoms. The molecule has 0 saturated carbocycles. The van der Waals surface area contributed by atoms with E-state index in [0.29, 0.717) is 23.9 Å². The summed E-state index contributed by atoms with van der Waals surface area (Å²) in [6, 6.07) is 27.7. The third-order valence-electron chi connectivity index (χ3n) is 6.44. The number of benzene rings is 3. The van der Waals surface area contributed by atoms with Crippen LogP contribution >= 0.6 is 27.5 Å². The molecule has 6 heteroatoms. The molecule has 2 unspecified atom stereocenters. The lowest BCUT2D eigenvalue weighted by Crippen LogP contribution is -2.37. The van der Waals surface area contributed by atoms with E-state index >= 15 is 0 Å². The van der Waals surface area contributed by atoms with E-state index < -0.39 is 11.5 Å². The number of hydrogen-bond donors (Lipinski definition) is 1. The molecule has 0 aliphatic carbocycles. The maximum atomic E-state index is 12.7. The van der Waals surface area contributed by atoms with Crippen molar-refractivity contribution in [1.29, 1.82) is 0 Å². The second-order valence-electron chi connectivity index (χ2n) is 9.16. The predicted molar refractivity (Wildman–Crippen MR) is 151 cm³/mol. The van der Waals surface area contributed by atoms with E-state index in [9.17, 15) is 5.11 Å². The highest BCUT2D eigenvalue weighted by molar-refractivity contribution is 9.10. The van der Waals surface area contributed by atoms with Crippen LogP contribution in [0.2, 0.25) is 5.02 Å². The Morgan fingerprint density at radius 1 is 0.972 bits per heavy atom. The van der Waals surface area contributed by atoms with Crippen molar-refractivity contribution in [3.05, 3.63) is 117 Å². The van der Waals surface area contributed by atoms with Crippen molar-refractivity contribution >= 4 is 27.5 Å². The predicted octanol–water partition coefficient (Wildman–Crippen LogP) is 7.14. The largest absolute Gasteiger partial charge is 0.481 e. The Bertz CT molecular complexity index is 1300. The smallest absolute Gasteiger partial charge is 0.217 e. The van der Waals surface area contributed by atoms with E-state index in [-0.39, 0.29) is 0 Å². The standard InChI is InChI=1S/C30H30BrClN2O2/c1-34(2)17-16-30(35,24-10-7-11-26(32)19-24)28(22-8-5-4-6-9-22)27-18-23(20-33-29(27)36-3)21-12-14-25(31)15-13-21/h4-15,18-20,28,35H,16-17H2,1-3H3. The summed E-state index contributed by atoms with van der Waals surface area (Å²) in [5, 5.41) is 13.2. The molecule has 1 aromatic heterocycles. The summed E-state index contributed by atoms with van der Waals surface area (Å²) in [5.41, 5.74) is 3.21. The number of ether oxygens (including phenoxy) is 1. The molecule has 1 N–H and O–H groups in total. The molecule has 2 atom stereocenters. The van der Waals surface area contributed by atoms with Gasteiger partial charge in [0.05, 0.1) is 7.11 Å². The van der Waals surface area contributed by atoms with Crippen LogP contribution in [0.5, 0.6) is 5.88 Å². The van der Waals surface area contributed by atoms with Crippen LogP contribution in [0.25, 0.3) is 11.1 Å². The zero-order chi connectivity index (χ0) is 25.7. The van der Waals surface area contributed by atoms with Crippen molar-refractivity contribution in [1.82, 2.24) is 9.88 Å². The molecule has 0 aliphatic rings. The van der Waals surface area contributed by atoms with Gasteiger partial charge in [0.25, 0.3) is 0 Å². The van der Waals surface area contributed by atoms with E-state index in [0.717, 1.165) is 32.3 Å². The molecule has 0 aliphatic heterocycles. The van der Waals surface area contributed by atoms with Gasteiger partial charge in [-0.2, -0.15) is 0 Å². The number of aliphatic hydroxyl groups is 1. The molecular formula is C30H30BrClN2O2. The molecule has 4 aromatic rings. The Balaban J connectivity index is 1.97. The van der Waals surface area contributed by atoms with Crippen LogP contribution in [0, 0.1) is 0 Å². The number of rotatable bonds is 9. The molecule has 3 aromatic carbocycles. The zero-order valence-corrected chi connectivity index (χ0v) is 23.0. The van der Waals surface area contributed by atoms with Crippen molar-refractivity contribution in [3.63, 3.8) is 0 Å². The molecule has 0 spiro atoms. The lowest BCUT2D eigenvalue weighted by atomic mass is 9.71. The minimum absolute atomic E-state index is 0.463. The van der Waals surface area contributed by atoms with Gasteiger partial charge in [0, 0.05) is 39.3 Å². The topological polar surface area (TPSA) is 45.6 Å². The fourth-order valence-electron chi connectivity index (χ4n) is 4.61. The lowest BCUT2D eigenvalue weighted by molar-refractivity contribution is 0.00377.